The molecule has 1 aromatic heterocycles. The van der Waals surface area contributed by atoms with Gasteiger partial charge in [0, 0.05) is 24.7 Å². The molecule has 2 aromatic rings. The second-order valence-corrected chi connectivity index (χ2v) is 4.20. The van der Waals surface area contributed by atoms with Crippen molar-refractivity contribution >= 4 is 11.6 Å². The van der Waals surface area contributed by atoms with Gasteiger partial charge in [-0.15, -0.1) is 0 Å². The molecule has 0 aliphatic heterocycles. The molecule has 0 saturated carbocycles. The smallest absolute Gasteiger partial charge is 0.141 e. The molecule has 1 heterocycles. The molecule has 0 spiro atoms. The highest BCUT2D eigenvalue weighted by Gasteiger charge is 2.11. The molecular formula is C12H13ClFN3. The Morgan fingerprint density at radius 2 is 2.24 bits per heavy atom. The summed E-state index contributed by atoms with van der Waals surface area (Å²) < 4.78 is 14.9. The van der Waals surface area contributed by atoms with Crippen molar-refractivity contribution < 1.29 is 4.39 Å². The van der Waals surface area contributed by atoms with E-state index < -0.39 is 5.82 Å². The minimum Gasteiger partial charge on any atom is -0.330 e. The van der Waals surface area contributed by atoms with Crippen molar-refractivity contribution in [3.63, 3.8) is 0 Å². The van der Waals surface area contributed by atoms with E-state index in [4.69, 9.17) is 17.3 Å². The van der Waals surface area contributed by atoms with Crippen LogP contribution in [0.4, 0.5) is 4.39 Å². The van der Waals surface area contributed by atoms with Gasteiger partial charge in [0.25, 0.3) is 0 Å². The monoisotopic (exact) mass is 253 g/mol. The van der Waals surface area contributed by atoms with Crippen LogP contribution in [0.3, 0.4) is 0 Å². The molecule has 2 N–H and O–H groups in total. The summed E-state index contributed by atoms with van der Waals surface area (Å²) in [6, 6.07) is 4.66. The molecular weight excluding hydrogens is 241 g/mol. The first kappa shape index (κ1) is 12.1. The largest absolute Gasteiger partial charge is 0.330 e. The third-order valence-electron chi connectivity index (χ3n) is 2.67. The van der Waals surface area contributed by atoms with Crippen LogP contribution in [0.25, 0.3) is 11.1 Å². The molecule has 0 amide bonds. The third-order valence-corrected chi connectivity index (χ3v) is 2.96. The molecule has 1 aromatic carbocycles. The van der Waals surface area contributed by atoms with Crippen molar-refractivity contribution in [3.05, 3.63) is 40.9 Å². The molecule has 0 aliphatic rings. The number of aryl methyl sites for hydroxylation is 1. The van der Waals surface area contributed by atoms with Gasteiger partial charge in [0.05, 0.1) is 11.2 Å². The Bertz CT molecular complexity index is 537. The Balaban J connectivity index is 2.48. The lowest BCUT2D eigenvalue weighted by Gasteiger charge is -2.05. The molecule has 0 saturated heterocycles. The van der Waals surface area contributed by atoms with Crippen molar-refractivity contribution in [2.24, 2.45) is 12.8 Å². The standard InChI is InChI=1S/C12H13ClFN3/c1-17-12(4-5-15)9(7-16-17)8-2-3-11(14)10(13)6-8/h2-3,6-7H,4-5,15H2,1H3. The lowest BCUT2D eigenvalue weighted by molar-refractivity contribution is 0.628. The van der Waals surface area contributed by atoms with E-state index in [-0.39, 0.29) is 5.02 Å². The van der Waals surface area contributed by atoms with Crippen molar-refractivity contribution in [2.75, 3.05) is 6.54 Å². The van der Waals surface area contributed by atoms with Crippen LogP contribution in [0.1, 0.15) is 5.69 Å². The summed E-state index contributed by atoms with van der Waals surface area (Å²) in [7, 11) is 1.86. The zero-order valence-corrected chi connectivity index (χ0v) is 10.2. The molecule has 5 heteroatoms. The van der Waals surface area contributed by atoms with Gasteiger partial charge in [0.2, 0.25) is 0 Å². The SMILES string of the molecule is Cn1ncc(-c2ccc(F)c(Cl)c2)c1CCN. The van der Waals surface area contributed by atoms with Gasteiger partial charge in [-0.25, -0.2) is 4.39 Å². The van der Waals surface area contributed by atoms with Gasteiger partial charge in [-0.3, -0.25) is 4.68 Å². The molecule has 0 aliphatic carbocycles. The van der Waals surface area contributed by atoms with E-state index >= 15 is 0 Å². The van der Waals surface area contributed by atoms with E-state index in [1.54, 1.807) is 23.0 Å². The zero-order chi connectivity index (χ0) is 12.4. The molecule has 90 valence electrons. The Kier molecular flexibility index (Phi) is 3.45. The number of halogens is 2. The minimum absolute atomic E-state index is 0.116. The van der Waals surface area contributed by atoms with Gasteiger partial charge in [0.15, 0.2) is 0 Å². The Hall–Kier alpha value is -1.39. The van der Waals surface area contributed by atoms with E-state index in [0.29, 0.717) is 6.54 Å². The van der Waals surface area contributed by atoms with E-state index in [9.17, 15) is 4.39 Å². The highest BCUT2D eigenvalue weighted by atomic mass is 35.5. The average Bonchev–Trinajstić information content (AvgIpc) is 2.66. The molecule has 3 nitrogen and oxygen atoms in total. The van der Waals surface area contributed by atoms with Gasteiger partial charge in [-0.2, -0.15) is 5.10 Å². The number of rotatable bonds is 3. The normalized spacial score (nSPS) is 10.8. The summed E-state index contributed by atoms with van der Waals surface area (Å²) >= 11 is 5.77. The van der Waals surface area contributed by atoms with Crippen LogP contribution in [0.5, 0.6) is 0 Å². The highest BCUT2D eigenvalue weighted by molar-refractivity contribution is 6.31. The first-order valence-electron chi connectivity index (χ1n) is 5.30. The number of hydrogen-bond acceptors (Lipinski definition) is 2. The number of hydrogen-bond donors (Lipinski definition) is 1. The lowest BCUT2D eigenvalue weighted by atomic mass is 10.0. The summed E-state index contributed by atoms with van der Waals surface area (Å²) in [5, 5.41) is 4.30. The van der Waals surface area contributed by atoms with Crippen molar-refractivity contribution in [2.45, 2.75) is 6.42 Å². The summed E-state index contributed by atoms with van der Waals surface area (Å²) in [6.07, 6.45) is 2.47. The Labute approximate surface area is 104 Å². The summed E-state index contributed by atoms with van der Waals surface area (Å²) in [6.45, 7) is 0.543. The molecule has 2 rings (SSSR count). The first-order chi connectivity index (χ1) is 8.13. The predicted molar refractivity (Wildman–Crippen MR) is 66.4 cm³/mol. The summed E-state index contributed by atoms with van der Waals surface area (Å²) in [5.74, 6) is -0.417. The molecule has 17 heavy (non-hydrogen) atoms. The maximum Gasteiger partial charge on any atom is 0.141 e. The van der Waals surface area contributed by atoms with E-state index in [1.807, 2.05) is 7.05 Å². The number of benzene rings is 1. The Morgan fingerprint density at radius 3 is 2.88 bits per heavy atom. The minimum atomic E-state index is -0.417. The third kappa shape index (κ3) is 2.33. The second-order valence-electron chi connectivity index (χ2n) is 3.80. The van der Waals surface area contributed by atoms with E-state index in [1.165, 1.54) is 6.07 Å². The van der Waals surface area contributed by atoms with Crippen LogP contribution in [0.15, 0.2) is 24.4 Å². The van der Waals surface area contributed by atoms with Crippen LogP contribution >= 0.6 is 11.6 Å². The molecule has 0 fully saturated rings. The highest BCUT2D eigenvalue weighted by Crippen LogP contribution is 2.27. The molecule has 0 atom stereocenters. The maximum atomic E-state index is 13.1. The van der Waals surface area contributed by atoms with E-state index in [2.05, 4.69) is 5.10 Å². The lowest BCUT2D eigenvalue weighted by Crippen LogP contribution is -2.08. The fourth-order valence-corrected chi connectivity index (χ4v) is 1.98. The van der Waals surface area contributed by atoms with Crippen molar-refractivity contribution in [1.29, 1.82) is 0 Å². The predicted octanol–water partition coefficient (Wildman–Crippen LogP) is 2.38. The van der Waals surface area contributed by atoms with Crippen molar-refractivity contribution in [3.8, 4) is 11.1 Å². The van der Waals surface area contributed by atoms with Crippen LogP contribution in [0, 0.1) is 5.82 Å². The number of nitrogens with two attached hydrogens (primary N) is 1. The maximum absolute atomic E-state index is 13.1. The molecule has 0 radical (unpaired) electrons. The van der Waals surface area contributed by atoms with Crippen LogP contribution in [0.2, 0.25) is 5.02 Å². The topological polar surface area (TPSA) is 43.8 Å². The molecule has 0 unspecified atom stereocenters. The van der Waals surface area contributed by atoms with Gasteiger partial charge >= 0.3 is 0 Å². The average molecular weight is 254 g/mol. The van der Waals surface area contributed by atoms with E-state index in [0.717, 1.165) is 23.2 Å². The van der Waals surface area contributed by atoms with Crippen molar-refractivity contribution in [1.82, 2.24) is 9.78 Å². The van der Waals surface area contributed by atoms with Gasteiger partial charge in [0.1, 0.15) is 5.82 Å². The zero-order valence-electron chi connectivity index (χ0n) is 9.45. The quantitative estimate of drug-likeness (QED) is 0.913. The summed E-state index contributed by atoms with van der Waals surface area (Å²) in [5.41, 5.74) is 8.38. The first-order valence-corrected chi connectivity index (χ1v) is 5.67. The van der Waals surface area contributed by atoms with Crippen LogP contribution in [-0.4, -0.2) is 16.3 Å². The van der Waals surface area contributed by atoms with Crippen LogP contribution < -0.4 is 5.73 Å². The fraction of sp³-hybridized carbons (Fsp3) is 0.250. The van der Waals surface area contributed by atoms with Crippen LogP contribution in [-0.2, 0) is 13.5 Å². The number of nitrogens with zero attached hydrogens (tertiary/aromatic N) is 2. The fourth-order valence-electron chi connectivity index (χ4n) is 1.80. The van der Waals surface area contributed by atoms with Gasteiger partial charge in [-0.1, -0.05) is 17.7 Å². The van der Waals surface area contributed by atoms with Gasteiger partial charge < -0.3 is 5.73 Å². The summed E-state index contributed by atoms with van der Waals surface area (Å²) in [4.78, 5) is 0. The second kappa shape index (κ2) is 4.85. The van der Waals surface area contributed by atoms with Gasteiger partial charge in [-0.05, 0) is 24.2 Å². The number of aromatic nitrogens is 2. The molecule has 0 bridgehead atoms. The Morgan fingerprint density at radius 1 is 1.47 bits per heavy atom.